The molecule has 0 fully saturated rings. The van der Waals surface area contributed by atoms with E-state index >= 15 is 0 Å². The molecule has 0 spiro atoms. The Balaban J connectivity index is 2.34. The number of aromatic nitrogens is 2. The number of hydrogen-bond acceptors (Lipinski definition) is 5. The first-order valence-electron chi connectivity index (χ1n) is 6.51. The summed E-state index contributed by atoms with van der Waals surface area (Å²) in [5.74, 6) is -3.47. The van der Waals surface area contributed by atoms with Crippen LogP contribution in [0, 0.1) is 5.82 Å². The topological polar surface area (TPSA) is 124 Å². The van der Waals surface area contributed by atoms with Crippen LogP contribution in [0.3, 0.4) is 0 Å². The van der Waals surface area contributed by atoms with Gasteiger partial charge in [-0.2, -0.15) is 5.10 Å². The quantitative estimate of drug-likeness (QED) is 0.795. The number of nitrogens with two attached hydrogens (primary N) is 1. The molecule has 2 aromatic rings. The lowest BCUT2D eigenvalue weighted by molar-refractivity contribution is 0.0970. The zero-order chi connectivity index (χ0) is 18.9. The number of halogens is 3. The van der Waals surface area contributed by atoms with Gasteiger partial charge in [0.1, 0.15) is 17.2 Å². The van der Waals surface area contributed by atoms with E-state index in [4.69, 9.17) is 5.73 Å². The fourth-order valence-electron chi connectivity index (χ4n) is 1.90. The SMILES string of the molecule is Cn1nc(C(F)F)cc1C(=O)NS(=O)(=O)c1ccc(F)c(C(N)=O)c1. The average molecular weight is 376 g/mol. The van der Waals surface area contributed by atoms with Crippen LogP contribution in [0.4, 0.5) is 13.2 Å². The number of nitrogens with one attached hydrogen (secondary N) is 1. The largest absolute Gasteiger partial charge is 0.366 e. The maximum absolute atomic E-state index is 13.4. The molecule has 0 aliphatic carbocycles. The molecule has 0 aliphatic heterocycles. The summed E-state index contributed by atoms with van der Waals surface area (Å²) in [4.78, 5) is 22.5. The van der Waals surface area contributed by atoms with Gasteiger partial charge in [-0.3, -0.25) is 14.3 Å². The lowest BCUT2D eigenvalue weighted by Crippen LogP contribution is -2.32. The van der Waals surface area contributed by atoms with Gasteiger partial charge in [-0.1, -0.05) is 0 Å². The summed E-state index contributed by atoms with van der Waals surface area (Å²) in [5, 5.41) is 3.38. The van der Waals surface area contributed by atoms with Gasteiger partial charge in [0, 0.05) is 7.05 Å². The van der Waals surface area contributed by atoms with E-state index in [1.807, 2.05) is 0 Å². The van der Waals surface area contributed by atoms with E-state index in [1.54, 1.807) is 4.72 Å². The molecule has 0 aliphatic rings. The number of carbonyl (C=O) groups is 2. The maximum atomic E-state index is 13.4. The van der Waals surface area contributed by atoms with E-state index < -0.39 is 55.9 Å². The average Bonchev–Trinajstić information content (AvgIpc) is 2.89. The molecule has 3 N–H and O–H groups in total. The van der Waals surface area contributed by atoms with Crippen LogP contribution in [0.1, 0.15) is 33.0 Å². The van der Waals surface area contributed by atoms with E-state index in [9.17, 15) is 31.2 Å². The Labute approximate surface area is 139 Å². The maximum Gasteiger partial charge on any atom is 0.283 e. The third-order valence-electron chi connectivity index (χ3n) is 3.10. The molecule has 12 heteroatoms. The van der Waals surface area contributed by atoms with E-state index in [2.05, 4.69) is 5.10 Å². The van der Waals surface area contributed by atoms with Crippen molar-refractivity contribution in [3.05, 3.63) is 47.0 Å². The predicted octanol–water partition coefficient (Wildman–Crippen LogP) is 0.714. The summed E-state index contributed by atoms with van der Waals surface area (Å²) in [5.41, 5.74) is 3.10. The van der Waals surface area contributed by atoms with Crippen molar-refractivity contribution in [1.29, 1.82) is 0 Å². The molecule has 8 nitrogen and oxygen atoms in total. The summed E-state index contributed by atoms with van der Waals surface area (Å²) in [7, 11) is -3.33. The van der Waals surface area contributed by atoms with Gasteiger partial charge in [-0.05, 0) is 24.3 Å². The third-order valence-corrected chi connectivity index (χ3v) is 4.42. The molecular weight excluding hydrogens is 365 g/mol. The predicted molar refractivity (Wildman–Crippen MR) is 77.7 cm³/mol. The van der Waals surface area contributed by atoms with Crippen LogP contribution >= 0.6 is 0 Å². The summed E-state index contributed by atoms with van der Waals surface area (Å²) >= 11 is 0. The van der Waals surface area contributed by atoms with Crippen molar-refractivity contribution in [2.24, 2.45) is 12.8 Å². The number of carbonyl (C=O) groups excluding carboxylic acids is 2. The van der Waals surface area contributed by atoms with Gasteiger partial charge in [-0.15, -0.1) is 0 Å². The number of primary amides is 1. The zero-order valence-corrected chi connectivity index (χ0v) is 13.4. The van der Waals surface area contributed by atoms with Crippen LogP contribution in [0.15, 0.2) is 29.2 Å². The van der Waals surface area contributed by atoms with Crippen molar-refractivity contribution < 1.29 is 31.2 Å². The second-order valence-corrected chi connectivity index (χ2v) is 6.50. The number of rotatable bonds is 5. The number of aryl methyl sites for hydroxylation is 1. The Morgan fingerprint density at radius 1 is 1.28 bits per heavy atom. The van der Waals surface area contributed by atoms with Gasteiger partial charge >= 0.3 is 0 Å². The molecule has 2 rings (SSSR count). The highest BCUT2D eigenvalue weighted by molar-refractivity contribution is 7.90. The number of sulfonamides is 1. The van der Waals surface area contributed by atoms with Gasteiger partial charge < -0.3 is 5.73 Å². The van der Waals surface area contributed by atoms with Crippen LogP contribution in [-0.2, 0) is 17.1 Å². The first-order chi connectivity index (χ1) is 11.5. The lowest BCUT2D eigenvalue weighted by Gasteiger charge is -2.08. The number of nitrogens with zero attached hydrogens (tertiary/aromatic N) is 2. The fraction of sp³-hybridized carbons (Fsp3) is 0.154. The molecular formula is C13H11F3N4O4S. The summed E-state index contributed by atoms with van der Waals surface area (Å²) in [6, 6.07) is 2.89. The molecule has 25 heavy (non-hydrogen) atoms. The highest BCUT2D eigenvalue weighted by Gasteiger charge is 2.24. The first kappa shape index (κ1) is 18.4. The van der Waals surface area contributed by atoms with Gasteiger partial charge in [0.2, 0.25) is 0 Å². The molecule has 0 unspecified atom stereocenters. The van der Waals surface area contributed by atoms with Crippen LogP contribution < -0.4 is 10.5 Å². The van der Waals surface area contributed by atoms with E-state index in [0.29, 0.717) is 12.1 Å². The summed E-state index contributed by atoms with van der Waals surface area (Å²) in [6.07, 6.45) is -2.94. The number of benzene rings is 1. The number of alkyl halides is 2. The third kappa shape index (κ3) is 3.79. The fourth-order valence-corrected chi connectivity index (χ4v) is 2.89. The minimum Gasteiger partial charge on any atom is -0.366 e. The van der Waals surface area contributed by atoms with Crippen molar-refractivity contribution in [1.82, 2.24) is 14.5 Å². The van der Waals surface area contributed by atoms with Crippen LogP contribution in [-0.4, -0.2) is 30.0 Å². The monoisotopic (exact) mass is 376 g/mol. The Kier molecular flexibility index (Phi) is 4.83. The Hall–Kier alpha value is -2.89. The lowest BCUT2D eigenvalue weighted by atomic mass is 10.2. The molecule has 0 saturated carbocycles. The Morgan fingerprint density at radius 3 is 2.44 bits per heavy atom. The van der Waals surface area contributed by atoms with Gasteiger partial charge in [0.05, 0.1) is 10.5 Å². The van der Waals surface area contributed by atoms with Crippen molar-refractivity contribution in [3.63, 3.8) is 0 Å². The second kappa shape index (κ2) is 6.55. The second-order valence-electron chi connectivity index (χ2n) is 4.82. The normalized spacial score (nSPS) is 11.6. The first-order valence-corrected chi connectivity index (χ1v) is 8.00. The highest BCUT2D eigenvalue weighted by atomic mass is 32.2. The van der Waals surface area contributed by atoms with Crippen molar-refractivity contribution >= 4 is 21.8 Å². The van der Waals surface area contributed by atoms with Gasteiger partial charge in [0.15, 0.2) is 0 Å². The molecule has 1 aromatic heterocycles. The molecule has 0 atom stereocenters. The van der Waals surface area contributed by atoms with Crippen molar-refractivity contribution in [2.45, 2.75) is 11.3 Å². The molecule has 1 aromatic carbocycles. The Bertz CT molecular complexity index is 956. The summed E-state index contributed by atoms with van der Waals surface area (Å²) in [6.45, 7) is 0. The standard InChI is InChI=1S/C13H11F3N4O4S/c1-20-10(5-9(18-20)11(15)16)13(22)19-25(23,24)6-2-3-8(14)7(4-6)12(17)21/h2-5,11H,1H3,(H2,17,21)(H,19,22). The van der Waals surface area contributed by atoms with E-state index in [-0.39, 0.29) is 0 Å². The molecule has 2 amide bonds. The summed E-state index contributed by atoms with van der Waals surface area (Å²) < 4.78 is 65.3. The van der Waals surface area contributed by atoms with Gasteiger partial charge in [-0.25, -0.2) is 26.3 Å². The van der Waals surface area contributed by atoms with Crippen LogP contribution in [0.5, 0.6) is 0 Å². The van der Waals surface area contributed by atoms with Crippen molar-refractivity contribution in [3.8, 4) is 0 Å². The van der Waals surface area contributed by atoms with Gasteiger partial charge in [0.25, 0.3) is 28.3 Å². The van der Waals surface area contributed by atoms with E-state index in [1.165, 1.54) is 7.05 Å². The Morgan fingerprint density at radius 2 is 1.92 bits per heavy atom. The highest BCUT2D eigenvalue weighted by Crippen LogP contribution is 2.19. The van der Waals surface area contributed by atoms with Crippen LogP contribution in [0.2, 0.25) is 0 Å². The van der Waals surface area contributed by atoms with Crippen LogP contribution in [0.25, 0.3) is 0 Å². The molecule has 0 radical (unpaired) electrons. The minimum absolute atomic E-state index is 0.434. The number of amides is 2. The molecule has 0 bridgehead atoms. The number of hydrogen-bond donors (Lipinski definition) is 2. The molecule has 134 valence electrons. The minimum atomic E-state index is -4.51. The molecule has 1 heterocycles. The van der Waals surface area contributed by atoms with Crippen molar-refractivity contribution in [2.75, 3.05) is 0 Å². The van der Waals surface area contributed by atoms with E-state index in [0.717, 1.165) is 16.8 Å². The molecule has 0 saturated heterocycles. The smallest absolute Gasteiger partial charge is 0.283 e. The zero-order valence-electron chi connectivity index (χ0n) is 12.5.